The topological polar surface area (TPSA) is 103 Å². The number of aryl methyl sites for hydroxylation is 1. The molecule has 0 bridgehead atoms. The summed E-state index contributed by atoms with van der Waals surface area (Å²) in [6.45, 7) is 6.74. The second-order valence-corrected chi connectivity index (χ2v) is 9.96. The molecule has 3 N–H and O–H groups in total. The Morgan fingerprint density at radius 2 is 2.11 bits per heavy atom. The lowest BCUT2D eigenvalue weighted by atomic mass is 9.90. The lowest BCUT2D eigenvalue weighted by Crippen LogP contribution is -2.35. The van der Waals surface area contributed by atoms with E-state index in [9.17, 15) is 9.90 Å². The van der Waals surface area contributed by atoms with Crippen LogP contribution in [0.25, 0.3) is 11.0 Å². The van der Waals surface area contributed by atoms with Gasteiger partial charge in [-0.25, -0.2) is 9.78 Å². The minimum atomic E-state index is -0.571. The summed E-state index contributed by atoms with van der Waals surface area (Å²) in [5, 5.41) is 12.7. The van der Waals surface area contributed by atoms with Crippen LogP contribution < -0.4 is 5.32 Å². The summed E-state index contributed by atoms with van der Waals surface area (Å²) in [5.41, 5.74) is 4.51. The van der Waals surface area contributed by atoms with E-state index in [0.29, 0.717) is 13.1 Å². The van der Waals surface area contributed by atoms with Gasteiger partial charge in [0, 0.05) is 19.3 Å². The fraction of sp³-hybridized carbons (Fsp3) is 0.444. The van der Waals surface area contributed by atoms with Gasteiger partial charge in [-0.05, 0) is 69.4 Å². The highest BCUT2D eigenvalue weighted by molar-refractivity contribution is 5.74. The highest BCUT2D eigenvalue weighted by atomic mass is 16.6. The number of carbonyl (C=O) groups excluding carboxylic acids is 1. The Kier molecular flexibility index (Phi) is 7.83. The molecule has 0 saturated heterocycles. The molecule has 2 aromatic heterocycles. The van der Waals surface area contributed by atoms with Gasteiger partial charge in [-0.2, -0.15) is 0 Å². The number of hydrogen-bond donors (Lipinski definition) is 3. The number of H-pyrrole nitrogens is 1. The molecule has 1 unspecified atom stereocenters. The van der Waals surface area contributed by atoms with Gasteiger partial charge in [-0.1, -0.05) is 24.3 Å². The van der Waals surface area contributed by atoms with Crippen LogP contribution >= 0.6 is 0 Å². The monoisotopic (exact) mass is 477 g/mol. The number of para-hydroxylation sites is 2. The van der Waals surface area contributed by atoms with E-state index < -0.39 is 11.7 Å². The van der Waals surface area contributed by atoms with E-state index >= 15 is 0 Å². The molecule has 0 aliphatic heterocycles. The summed E-state index contributed by atoms with van der Waals surface area (Å²) >= 11 is 0. The van der Waals surface area contributed by atoms with Gasteiger partial charge in [0.15, 0.2) is 0 Å². The highest BCUT2D eigenvalue weighted by Gasteiger charge is 2.27. The van der Waals surface area contributed by atoms with Crippen molar-refractivity contribution in [3.05, 3.63) is 71.3 Å². The number of benzene rings is 1. The van der Waals surface area contributed by atoms with Crippen molar-refractivity contribution in [2.45, 2.75) is 58.2 Å². The van der Waals surface area contributed by atoms with E-state index in [1.54, 1.807) is 0 Å². The van der Waals surface area contributed by atoms with Crippen molar-refractivity contribution in [2.24, 2.45) is 0 Å². The van der Waals surface area contributed by atoms with Crippen molar-refractivity contribution in [3.8, 4) is 0 Å². The van der Waals surface area contributed by atoms with E-state index in [0.717, 1.165) is 47.4 Å². The molecule has 186 valence electrons. The third kappa shape index (κ3) is 6.68. The molecule has 4 rings (SSSR count). The largest absolute Gasteiger partial charge is 0.444 e. The van der Waals surface area contributed by atoms with Crippen LogP contribution in [0, 0.1) is 0 Å². The predicted molar refractivity (Wildman–Crippen MR) is 136 cm³/mol. The van der Waals surface area contributed by atoms with Crippen molar-refractivity contribution in [1.29, 1.82) is 0 Å². The fourth-order valence-corrected chi connectivity index (χ4v) is 4.45. The summed E-state index contributed by atoms with van der Waals surface area (Å²) in [6, 6.07) is 12.3. The molecule has 1 atom stereocenters. The van der Waals surface area contributed by atoms with E-state index in [4.69, 9.17) is 14.7 Å². The molecule has 2 heterocycles. The Balaban J connectivity index is 1.53. The molecule has 1 aliphatic rings. The molecule has 35 heavy (non-hydrogen) atoms. The van der Waals surface area contributed by atoms with Crippen LogP contribution in [0.4, 0.5) is 4.79 Å². The zero-order valence-electron chi connectivity index (χ0n) is 20.8. The third-order valence-electron chi connectivity index (χ3n) is 6.07. The molecule has 8 heteroatoms. The first-order valence-electron chi connectivity index (χ1n) is 12.2. The van der Waals surface area contributed by atoms with Gasteiger partial charge in [0.2, 0.25) is 0 Å². The Morgan fingerprint density at radius 3 is 2.89 bits per heavy atom. The van der Waals surface area contributed by atoms with Crippen molar-refractivity contribution in [3.63, 3.8) is 0 Å². The molecular formula is C27H35N5O3. The normalized spacial score (nSPS) is 16.4. The van der Waals surface area contributed by atoms with Crippen molar-refractivity contribution < 1.29 is 14.6 Å². The number of aliphatic hydroxyl groups excluding tert-OH is 1. The third-order valence-corrected chi connectivity index (χ3v) is 6.07. The summed E-state index contributed by atoms with van der Waals surface area (Å²) in [6.07, 6.45) is 6.48. The summed E-state index contributed by atoms with van der Waals surface area (Å²) in [4.78, 5) is 27.3. The lowest BCUT2D eigenvalue weighted by Gasteiger charge is -2.34. The average molecular weight is 478 g/mol. The first-order valence-corrected chi connectivity index (χ1v) is 12.2. The molecule has 3 aromatic rings. The number of pyridine rings is 1. The minimum absolute atomic E-state index is 0.142. The van der Waals surface area contributed by atoms with Crippen LogP contribution in [0.15, 0.2) is 54.2 Å². The Labute approximate surface area is 206 Å². The Morgan fingerprint density at radius 1 is 1.29 bits per heavy atom. The van der Waals surface area contributed by atoms with Gasteiger partial charge in [-0.3, -0.25) is 9.88 Å². The van der Waals surface area contributed by atoms with Gasteiger partial charge < -0.3 is 20.1 Å². The number of alkyl carbamates (subject to hydrolysis) is 1. The van der Waals surface area contributed by atoms with Gasteiger partial charge in [0.25, 0.3) is 0 Å². The second kappa shape index (κ2) is 11.0. The number of ether oxygens (including phenoxy) is 1. The molecule has 8 nitrogen and oxygen atoms in total. The number of aliphatic hydroxyl groups is 1. The average Bonchev–Trinajstić information content (AvgIpc) is 3.24. The zero-order valence-corrected chi connectivity index (χ0v) is 20.8. The molecule has 0 saturated carbocycles. The first kappa shape index (κ1) is 24.9. The molecule has 0 fully saturated rings. The van der Waals surface area contributed by atoms with E-state index in [1.165, 1.54) is 5.56 Å². The fourth-order valence-electron chi connectivity index (χ4n) is 4.45. The number of aromatic amines is 1. The summed E-state index contributed by atoms with van der Waals surface area (Å²) < 4.78 is 5.31. The summed E-state index contributed by atoms with van der Waals surface area (Å²) in [5.74, 6) is 0.889. The predicted octanol–water partition coefficient (Wildman–Crippen LogP) is 4.28. The number of aromatic nitrogens is 3. The van der Waals surface area contributed by atoms with Crippen molar-refractivity contribution >= 4 is 17.1 Å². The van der Waals surface area contributed by atoms with E-state index in [1.807, 2.05) is 63.4 Å². The number of carbonyl (C=O) groups is 1. The van der Waals surface area contributed by atoms with Gasteiger partial charge in [0.1, 0.15) is 11.4 Å². The summed E-state index contributed by atoms with van der Waals surface area (Å²) in [7, 11) is 0. The standard InChI is InChI=1S/C27H35N5O3/c1-27(2,3)35-26(34)29-16-19(18-33)13-15-32(17-24-30-21-10-4-5-11-22(21)31-24)23-12-6-8-20-9-7-14-28-25(20)23/h4-5,7,9-11,13-14,23,33H,6,8,12,15-18H2,1-3H3,(H,29,34)(H,30,31). The van der Waals surface area contributed by atoms with Crippen molar-refractivity contribution in [1.82, 2.24) is 25.2 Å². The minimum Gasteiger partial charge on any atom is -0.444 e. The molecular weight excluding hydrogens is 442 g/mol. The number of amides is 1. The second-order valence-electron chi connectivity index (χ2n) is 9.96. The molecule has 1 aromatic carbocycles. The smallest absolute Gasteiger partial charge is 0.407 e. The van der Waals surface area contributed by atoms with Crippen LogP contribution in [0.2, 0.25) is 0 Å². The molecule has 0 radical (unpaired) electrons. The van der Waals surface area contributed by atoms with Crippen LogP contribution in [-0.4, -0.2) is 56.3 Å². The first-order chi connectivity index (χ1) is 16.8. The number of nitrogens with one attached hydrogen (secondary N) is 2. The highest BCUT2D eigenvalue weighted by Crippen LogP contribution is 2.33. The van der Waals surface area contributed by atoms with Gasteiger partial charge >= 0.3 is 6.09 Å². The van der Waals surface area contributed by atoms with Crippen molar-refractivity contribution in [2.75, 3.05) is 19.7 Å². The van der Waals surface area contributed by atoms with E-state index in [2.05, 4.69) is 21.3 Å². The maximum Gasteiger partial charge on any atom is 0.407 e. The molecule has 1 aliphatic carbocycles. The Bertz CT molecular complexity index is 1150. The maximum absolute atomic E-state index is 12.1. The number of fused-ring (bicyclic) bond motifs is 2. The SMILES string of the molecule is CC(C)(C)OC(=O)NCC(=CCN(Cc1nc2ccccc2[nH]1)C1CCCc2cccnc21)CO. The van der Waals surface area contributed by atoms with Gasteiger partial charge in [0.05, 0.1) is 35.9 Å². The zero-order chi connectivity index (χ0) is 24.8. The number of nitrogens with zero attached hydrogens (tertiary/aromatic N) is 3. The lowest BCUT2D eigenvalue weighted by molar-refractivity contribution is 0.0531. The number of hydrogen-bond acceptors (Lipinski definition) is 6. The van der Waals surface area contributed by atoms with Crippen LogP contribution in [0.1, 0.15) is 56.7 Å². The van der Waals surface area contributed by atoms with Crippen LogP contribution in [-0.2, 0) is 17.7 Å². The molecule has 1 amide bonds. The quantitative estimate of drug-likeness (QED) is 0.419. The van der Waals surface area contributed by atoms with Crippen LogP contribution in [0.5, 0.6) is 0 Å². The molecule has 0 spiro atoms. The van der Waals surface area contributed by atoms with Gasteiger partial charge in [-0.15, -0.1) is 0 Å². The van der Waals surface area contributed by atoms with Crippen LogP contribution in [0.3, 0.4) is 0 Å². The Hall–Kier alpha value is -3.23. The maximum atomic E-state index is 12.1. The van der Waals surface area contributed by atoms with E-state index in [-0.39, 0.29) is 19.2 Å². The number of imidazole rings is 1. The number of rotatable bonds is 8.